The lowest BCUT2D eigenvalue weighted by Crippen LogP contribution is -2.25. The monoisotopic (exact) mass is 416 g/mol. The number of fused-ring (bicyclic) bond motifs is 2. The first-order valence-electron chi connectivity index (χ1n) is 10.1. The molecule has 0 aromatic heterocycles. The van der Waals surface area contributed by atoms with Crippen molar-refractivity contribution in [3.05, 3.63) is 64.0 Å². The number of nitrogens with one attached hydrogen (secondary N) is 2. The van der Waals surface area contributed by atoms with Crippen LogP contribution in [0.3, 0.4) is 0 Å². The molecule has 0 fully saturated rings. The Morgan fingerprint density at radius 3 is 2.55 bits per heavy atom. The van der Waals surface area contributed by atoms with E-state index < -0.39 is 0 Å². The lowest BCUT2D eigenvalue weighted by atomic mass is 9.89. The first-order chi connectivity index (χ1) is 13.6. The molecule has 6 heteroatoms. The molecule has 1 heterocycles. The fourth-order valence-corrected chi connectivity index (χ4v) is 4.12. The number of hydrogen-bond donors (Lipinski definition) is 2. The summed E-state index contributed by atoms with van der Waals surface area (Å²) >= 11 is 0. The number of aryl methyl sites for hydroxylation is 2. The Hall–Kier alpha value is -2.24. The van der Waals surface area contributed by atoms with Crippen molar-refractivity contribution in [2.75, 3.05) is 11.9 Å². The highest BCUT2D eigenvalue weighted by Gasteiger charge is 2.18. The van der Waals surface area contributed by atoms with Crippen LogP contribution in [0.25, 0.3) is 0 Å². The first kappa shape index (κ1) is 21.5. The van der Waals surface area contributed by atoms with Crippen molar-refractivity contribution in [1.29, 1.82) is 0 Å². The van der Waals surface area contributed by atoms with Crippen molar-refractivity contribution in [3.8, 4) is 0 Å². The van der Waals surface area contributed by atoms with E-state index in [9.17, 15) is 14.0 Å². The number of anilines is 1. The highest BCUT2D eigenvalue weighted by molar-refractivity contribution is 6.00. The normalized spacial score (nSPS) is 14.9. The van der Waals surface area contributed by atoms with Crippen LogP contribution in [0.15, 0.2) is 30.3 Å². The summed E-state index contributed by atoms with van der Waals surface area (Å²) in [6, 6.07) is 9.33. The van der Waals surface area contributed by atoms with Crippen molar-refractivity contribution in [1.82, 2.24) is 5.32 Å². The smallest absolute Gasteiger partial charge is 0.224 e. The van der Waals surface area contributed by atoms with Crippen LogP contribution in [-0.4, -0.2) is 18.2 Å². The average molecular weight is 417 g/mol. The zero-order valence-corrected chi connectivity index (χ0v) is 17.2. The Balaban J connectivity index is 0.00000240. The Bertz CT molecular complexity index is 929. The maximum Gasteiger partial charge on any atom is 0.224 e. The van der Waals surface area contributed by atoms with E-state index in [0.29, 0.717) is 24.1 Å². The van der Waals surface area contributed by atoms with Crippen molar-refractivity contribution < 1.29 is 14.0 Å². The van der Waals surface area contributed by atoms with Gasteiger partial charge in [-0.3, -0.25) is 9.59 Å². The van der Waals surface area contributed by atoms with Crippen LogP contribution in [0.5, 0.6) is 0 Å². The number of carbonyl (C=O) groups excluding carboxylic acids is 2. The molecule has 2 aliphatic rings. The van der Waals surface area contributed by atoms with Crippen LogP contribution in [0.1, 0.15) is 58.3 Å². The van der Waals surface area contributed by atoms with Crippen LogP contribution in [-0.2, 0) is 30.6 Å². The molecule has 4 nitrogen and oxygen atoms in total. The minimum Gasteiger partial charge on any atom is -0.324 e. The fourth-order valence-electron chi connectivity index (χ4n) is 4.12. The minimum atomic E-state index is -0.353. The molecule has 0 spiro atoms. The molecule has 2 N–H and O–H groups in total. The largest absolute Gasteiger partial charge is 0.324 e. The third-order valence-corrected chi connectivity index (χ3v) is 5.73. The van der Waals surface area contributed by atoms with Gasteiger partial charge in [0.15, 0.2) is 5.78 Å². The third-order valence-electron chi connectivity index (χ3n) is 5.73. The van der Waals surface area contributed by atoms with E-state index in [2.05, 4.69) is 10.6 Å². The quantitative estimate of drug-likeness (QED) is 0.711. The molecule has 0 unspecified atom stereocenters. The molecule has 29 heavy (non-hydrogen) atoms. The van der Waals surface area contributed by atoms with E-state index in [1.54, 1.807) is 6.07 Å². The number of ketones is 1. The number of Topliss-reactive ketones (excluding diaryl/α,β-unsaturated/α-hetero) is 1. The van der Waals surface area contributed by atoms with Gasteiger partial charge in [-0.1, -0.05) is 18.2 Å². The molecule has 0 atom stereocenters. The molecule has 0 saturated heterocycles. The molecule has 2 aromatic carbocycles. The summed E-state index contributed by atoms with van der Waals surface area (Å²) in [5.74, 6) is -0.729. The van der Waals surface area contributed by atoms with Crippen LogP contribution in [0.2, 0.25) is 0 Å². The Kier molecular flexibility index (Phi) is 7.04. The number of rotatable bonds is 5. The van der Waals surface area contributed by atoms with Crippen molar-refractivity contribution >= 4 is 29.8 Å². The van der Waals surface area contributed by atoms with Gasteiger partial charge in [0.1, 0.15) is 5.82 Å². The fraction of sp³-hybridized carbons (Fsp3) is 0.391. The van der Waals surface area contributed by atoms with Crippen LogP contribution in [0, 0.1) is 5.82 Å². The van der Waals surface area contributed by atoms with Gasteiger partial charge < -0.3 is 10.6 Å². The topological polar surface area (TPSA) is 58.2 Å². The van der Waals surface area contributed by atoms with Crippen molar-refractivity contribution in [2.24, 2.45) is 0 Å². The van der Waals surface area contributed by atoms with Crippen LogP contribution >= 0.6 is 12.4 Å². The van der Waals surface area contributed by atoms with Gasteiger partial charge in [0.05, 0.1) is 5.69 Å². The van der Waals surface area contributed by atoms with E-state index in [-0.39, 0.29) is 48.4 Å². The number of amides is 1. The molecule has 2 aromatic rings. The molecule has 0 radical (unpaired) electrons. The van der Waals surface area contributed by atoms with Gasteiger partial charge in [-0.15, -0.1) is 12.4 Å². The number of carbonyl (C=O) groups is 2. The standard InChI is InChI=1S/C23H25FN2O2.ClH/c24-23-19-11-12-25-14-18(19)7-8-20(23)26-22(28)10-9-21(27)17-6-5-15-3-1-2-4-16(15)13-17;/h5-8,13,25H,1-4,9-12,14H2,(H,26,28);1H. The molecule has 0 saturated carbocycles. The first-order valence-corrected chi connectivity index (χ1v) is 10.1. The van der Waals surface area contributed by atoms with Crippen molar-refractivity contribution in [3.63, 3.8) is 0 Å². The van der Waals surface area contributed by atoms with E-state index in [0.717, 1.165) is 31.4 Å². The molecule has 1 aliphatic carbocycles. The SMILES string of the molecule is Cl.O=C(CCC(=O)c1ccc2c(c1)CCCC2)Nc1ccc2c(c1F)CCNC2. The summed E-state index contributed by atoms with van der Waals surface area (Å²) in [5, 5.41) is 5.83. The van der Waals surface area contributed by atoms with E-state index in [4.69, 9.17) is 0 Å². The van der Waals surface area contributed by atoms with Gasteiger partial charge in [-0.2, -0.15) is 0 Å². The number of halogens is 2. The Labute approximate surface area is 176 Å². The zero-order chi connectivity index (χ0) is 19.5. The molecule has 1 aliphatic heterocycles. The van der Waals surface area contributed by atoms with E-state index in [1.807, 2.05) is 24.3 Å². The zero-order valence-electron chi connectivity index (χ0n) is 16.4. The second-order valence-corrected chi connectivity index (χ2v) is 7.65. The second-order valence-electron chi connectivity index (χ2n) is 7.65. The summed E-state index contributed by atoms with van der Waals surface area (Å²) in [5.41, 5.74) is 5.06. The maximum atomic E-state index is 14.6. The molecule has 0 bridgehead atoms. The highest BCUT2D eigenvalue weighted by Crippen LogP contribution is 2.25. The van der Waals surface area contributed by atoms with E-state index in [1.165, 1.54) is 17.5 Å². The number of benzene rings is 2. The van der Waals surface area contributed by atoms with Crippen molar-refractivity contribution in [2.45, 2.75) is 51.5 Å². The lowest BCUT2D eigenvalue weighted by molar-refractivity contribution is -0.116. The second kappa shape index (κ2) is 9.51. The minimum absolute atomic E-state index is 0. The molecule has 154 valence electrons. The molecule has 1 amide bonds. The molecular formula is C23H26ClFN2O2. The highest BCUT2D eigenvalue weighted by atomic mass is 35.5. The predicted molar refractivity (Wildman–Crippen MR) is 114 cm³/mol. The summed E-state index contributed by atoms with van der Waals surface area (Å²) in [7, 11) is 0. The summed E-state index contributed by atoms with van der Waals surface area (Å²) in [4.78, 5) is 24.7. The average Bonchev–Trinajstić information content (AvgIpc) is 2.74. The van der Waals surface area contributed by atoms with Crippen LogP contribution < -0.4 is 10.6 Å². The van der Waals surface area contributed by atoms with Gasteiger partial charge in [-0.25, -0.2) is 4.39 Å². The maximum absolute atomic E-state index is 14.6. The van der Waals surface area contributed by atoms with Gasteiger partial charge in [0.2, 0.25) is 5.91 Å². The summed E-state index contributed by atoms with van der Waals surface area (Å²) in [6.07, 6.45) is 5.25. The van der Waals surface area contributed by atoms with Crippen LogP contribution in [0.4, 0.5) is 10.1 Å². The summed E-state index contributed by atoms with van der Waals surface area (Å²) in [6.45, 7) is 1.38. The number of hydrogen-bond acceptors (Lipinski definition) is 3. The van der Waals surface area contributed by atoms with Gasteiger partial charge in [-0.05, 0) is 73.0 Å². The van der Waals surface area contributed by atoms with Gasteiger partial charge >= 0.3 is 0 Å². The van der Waals surface area contributed by atoms with Gasteiger partial charge in [0.25, 0.3) is 0 Å². The van der Waals surface area contributed by atoms with E-state index >= 15 is 0 Å². The molecule has 4 rings (SSSR count). The summed E-state index contributed by atoms with van der Waals surface area (Å²) < 4.78 is 14.6. The third kappa shape index (κ3) is 4.85. The van der Waals surface area contributed by atoms with Gasteiger partial charge in [0, 0.05) is 24.9 Å². The Morgan fingerprint density at radius 1 is 0.966 bits per heavy atom. The predicted octanol–water partition coefficient (Wildman–Crippen LogP) is 4.37. The lowest BCUT2D eigenvalue weighted by Gasteiger charge is -2.19. The molecular weight excluding hydrogens is 391 g/mol. The Morgan fingerprint density at radius 2 is 1.72 bits per heavy atom.